The minimum atomic E-state index is -0.144. The van der Waals surface area contributed by atoms with Gasteiger partial charge in [0.2, 0.25) is 0 Å². The molecule has 0 radical (unpaired) electrons. The van der Waals surface area contributed by atoms with E-state index in [1.165, 1.54) is 17.3 Å². The van der Waals surface area contributed by atoms with Gasteiger partial charge in [-0.1, -0.05) is 30.3 Å². The first-order valence-electron chi connectivity index (χ1n) is 9.13. The highest BCUT2D eigenvalue weighted by atomic mass is 19.1. The molecule has 25 heavy (non-hydrogen) atoms. The van der Waals surface area contributed by atoms with Crippen molar-refractivity contribution in [2.45, 2.75) is 38.3 Å². The van der Waals surface area contributed by atoms with E-state index in [0.717, 1.165) is 38.0 Å². The first-order chi connectivity index (χ1) is 12.1. The Hall–Kier alpha value is -1.91. The molecule has 0 aromatic heterocycles. The topological polar surface area (TPSA) is 35.5 Å². The molecule has 2 aromatic rings. The molecule has 3 nitrogen and oxygen atoms in total. The molecule has 1 aliphatic heterocycles. The Morgan fingerprint density at radius 1 is 1.12 bits per heavy atom. The number of halogens is 1. The van der Waals surface area contributed by atoms with Crippen LogP contribution in [0.2, 0.25) is 0 Å². The largest absolute Gasteiger partial charge is 0.393 e. The smallest absolute Gasteiger partial charge is 0.126 e. The summed E-state index contributed by atoms with van der Waals surface area (Å²) in [5.41, 5.74) is 3.20. The molecule has 2 aromatic carbocycles. The van der Waals surface area contributed by atoms with Gasteiger partial charge in [-0.25, -0.2) is 4.39 Å². The van der Waals surface area contributed by atoms with E-state index in [0.29, 0.717) is 6.42 Å². The normalized spacial score (nSPS) is 16.8. The number of hydrogen-bond donors (Lipinski definition) is 2. The highest BCUT2D eigenvalue weighted by molar-refractivity contribution is 5.48. The Bertz CT molecular complexity index is 666. The lowest BCUT2D eigenvalue weighted by Gasteiger charge is -2.31. The van der Waals surface area contributed by atoms with Gasteiger partial charge in [-0.05, 0) is 62.1 Å². The lowest BCUT2D eigenvalue weighted by Crippen LogP contribution is -2.35. The third-order valence-corrected chi connectivity index (χ3v) is 5.03. The number of nitrogens with one attached hydrogen (secondary N) is 1. The van der Waals surface area contributed by atoms with Crippen LogP contribution in [-0.2, 0) is 6.42 Å². The molecule has 1 saturated heterocycles. The van der Waals surface area contributed by atoms with Gasteiger partial charge in [-0.3, -0.25) is 0 Å². The Morgan fingerprint density at radius 2 is 1.80 bits per heavy atom. The van der Waals surface area contributed by atoms with Crippen LogP contribution in [0.4, 0.5) is 10.1 Å². The maximum absolute atomic E-state index is 13.6. The fraction of sp³-hybridized carbons (Fsp3) is 0.429. The van der Waals surface area contributed by atoms with Crippen LogP contribution >= 0.6 is 0 Å². The molecule has 1 aliphatic rings. The molecule has 0 aliphatic carbocycles. The van der Waals surface area contributed by atoms with Crippen molar-refractivity contribution in [1.29, 1.82) is 0 Å². The lowest BCUT2D eigenvalue weighted by molar-refractivity contribution is 0.145. The third kappa shape index (κ3) is 4.80. The van der Waals surface area contributed by atoms with E-state index in [-0.39, 0.29) is 18.0 Å². The predicted molar refractivity (Wildman–Crippen MR) is 100 cm³/mol. The van der Waals surface area contributed by atoms with Crippen molar-refractivity contribution in [2.24, 2.45) is 0 Å². The van der Waals surface area contributed by atoms with Crippen LogP contribution in [0.3, 0.4) is 0 Å². The fourth-order valence-electron chi connectivity index (χ4n) is 3.34. The first-order valence-corrected chi connectivity index (χ1v) is 9.13. The Labute approximate surface area is 149 Å². The van der Waals surface area contributed by atoms with Gasteiger partial charge < -0.3 is 15.3 Å². The molecule has 0 amide bonds. The summed E-state index contributed by atoms with van der Waals surface area (Å²) in [5.74, 6) is -0.132. The van der Waals surface area contributed by atoms with Crippen LogP contribution in [0.15, 0.2) is 48.5 Å². The average molecular weight is 342 g/mol. The Balaban J connectivity index is 1.50. The molecule has 2 N–H and O–H groups in total. The van der Waals surface area contributed by atoms with E-state index in [4.69, 9.17) is 0 Å². The van der Waals surface area contributed by atoms with Gasteiger partial charge in [0.15, 0.2) is 0 Å². The summed E-state index contributed by atoms with van der Waals surface area (Å²) in [5, 5.41) is 13.1. The maximum atomic E-state index is 13.6. The fourth-order valence-corrected chi connectivity index (χ4v) is 3.34. The Morgan fingerprint density at radius 3 is 2.48 bits per heavy atom. The summed E-state index contributed by atoms with van der Waals surface area (Å²) in [6.45, 7) is 4.70. The van der Waals surface area contributed by atoms with Crippen molar-refractivity contribution < 1.29 is 9.50 Å². The molecule has 0 bridgehead atoms. The van der Waals surface area contributed by atoms with Crippen LogP contribution < -0.4 is 10.2 Å². The van der Waals surface area contributed by atoms with Gasteiger partial charge in [-0.2, -0.15) is 0 Å². The number of aliphatic hydroxyl groups excluding tert-OH is 1. The summed E-state index contributed by atoms with van der Waals surface area (Å²) in [6, 6.07) is 15.8. The minimum Gasteiger partial charge on any atom is -0.393 e. The summed E-state index contributed by atoms with van der Waals surface area (Å²) < 4.78 is 13.6. The molecule has 0 spiro atoms. The van der Waals surface area contributed by atoms with Crippen molar-refractivity contribution in [2.75, 3.05) is 24.5 Å². The highest BCUT2D eigenvalue weighted by Crippen LogP contribution is 2.22. The zero-order valence-electron chi connectivity index (χ0n) is 14.8. The summed E-state index contributed by atoms with van der Waals surface area (Å²) in [7, 11) is 0. The number of anilines is 1. The average Bonchev–Trinajstić information content (AvgIpc) is 2.64. The van der Waals surface area contributed by atoms with Crippen molar-refractivity contribution in [3.05, 3.63) is 65.5 Å². The molecule has 1 unspecified atom stereocenters. The lowest BCUT2D eigenvalue weighted by atomic mass is 10.0. The van der Waals surface area contributed by atoms with E-state index < -0.39 is 0 Å². The van der Waals surface area contributed by atoms with Crippen LogP contribution in [0.25, 0.3) is 0 Å². The Kier molecular flexibility index (Phi) is 6.05. The van der Waals surface area contributed by atoms with Gasteiger partial charge in [-0.15, -0.1) is 0 Å². The van der Waals surface area contributed by atoms with Gasteiger partial charge in [0.1, 0.15) is 5.82 Å². The summed E-state index contributed by atoms with van der Waals surface area (Å²) >= 11 is 0. The molecule has 4 heteroatoms. The molecule has 134 valence electrons. The number of aliphatic hydroxyl groups is 1. The van der Waals surface area contributed by atoms with Crippen molar-refractivity contribution in [1.82, 2.24) is 5.32 Å². The summed E-state index contributed by atoms with van der Waals surface area (Å²) in [4.78, 5) is 2.33. The second-order valence-electron chi connectivity index (χ2n) is 6.83. The first kappa shape index (κ1) is 17.9. The number of piperidine rings is 1. The third-order valence-electron chi connectivity index (χ3n) is 5.03. The van der Waals surface area contributed by atoms with E-state index in [9.17, 15) is 9.50 Å². The molecule has 1 atom stereocenters. The standard InChI is InChI=1S/C21H27FN2O/c1-16(23-13-10-18-4-2-3-5-21(18)22)17-6-8-19(9-7-17)24-14-11-20(25)12-15-24/h2-9,16,20,23,25H,10-15H2,1H3. The van der Waals surface area contributed by atoms with E-state index >= 15 is 0 Å². The molecular weight excluding hydrogens is 315 g/mol. The monoisotopic (exact) mass is 342 g/mol. The quantitative estimate of drug-likeness (QED) is 0.841. The minimum absolute atomic E-state index is 0.132. The van der Waals surface area contributed by atoms with E-state index in [2.05, 4.69) is 41.4 Å². The number of rotatable bonds is 6. The second kappa shape index (κ2) is 8.45. The number of benzene rings is 2. The van der Waals surface area contributed by atoms with Gasteiger partial charge in [0.25, 0.3) is 0 Å². The van der Waals surface area contributed by atoms with Crippen LogP contribution in [0.1, 0.15) is 36.9 Å². The van der Waals surface area contributed by atoms with Crippen LogP contribution in [-0.4, -0.2) is 30.8 Å². The summed E-state index contributed by atoms with van der Waals surface area (Å²) in [6.07, 6.45) is 2.23. The van der Waals surface area contributed by atoms with Gasteiger partial charge in [0, 0.05) is 24.8 Å². The molecule has 0 saturated carbocycles. The van der Waals surface area contributed by atoms with Crippen molar-refractivity contribution in [3.8, 4) is 0 Å². The second-order valence-corrected chi connectivity index (χ2v) is 6.83. The zero-order valence-corrected chi connectivity index (χ0v) is 14.8. The maximum Gasteiger partial charge on any atom is 0.126 e. The van der Waals surface area contributed by atoms with E-state index in [1.807, 2.05) is 12.1 Å². The zero-order chi connectivity index (χ0) is 17.6. The SMILES string of the molecule is CC(NCCc1ccccc1F)c1ccc(N2CCC(O)CC2)cc1. The van der Waals surface area contributed by atoms with Crippen LogP contribution in [0, 0.1) is 5.82 Å². The molecule has 1 heterocycles. The number of hydrogen-bond acceptors (Lipinski definition) is 3. The molecular formula is C21H27FN2O. The predicted octanol–water partition coefficient (Wildman–Crippen LogP) is 3.68. The molecule has 1 fully saturated rings. The van der Waals surface area contributed by atoms with Gasteiger partial charge in [0.05, 0.1) is 6.10 Å². The van der Waals surface area contributed by atoms with Gasteiger partial charge >= 0.3 is 0 Å². The number of nitrogens with zero attached hydrogens (tertiary/aromatic N) is 1. The van der Waals surface area contributed by atoms with Crippen molar-refractivity contribution in [3.63, 3.8) is 0 Å². The van der Waals surface area contributed by atoms with E-state index in [1.54, 1.807) is 6.07 Å². The van der Waals surface area contributed by atoms with Crippen molar-refractivity contribution >= 4 is 5.69 Å². The molecule has 3 rings (SSSR count). The van der Waals surface area contributed by atoms with Crippen LogP contribution in [0.5, 0.6) is 0 Å². The highest BCUT2D eigenvalue weighted by Gasteiger charge is 2.17.